The largest absolute Gasteiger partial charge is 0.341 e. The Morgan fingerprint density at radius 3 is 2.62 bits per heavy atom. The van der Waals surface area contributed by atoms with Crippen molar-refractivity contribution in [3.63, 3.8) is 0 Å². The van der Waals surface area contributed by atoms with Crippen LogP contribution in [0.1, 0.15) is 64.3 Å². The van der Waals surface area contributed by atoms with Crippen molar-refractivity contribution in [2.45, 2.75) is 70.4 Å². The van der Waals surface area contributed by atoms with Crippen LogP contribution < -0.4 is 0 Å². The first kappa shape index (κ1) is 17.6. The minimum absolute atomic E-state index is 0.178. The average Bonchev–Trinajstić information content (AvgIpc) is 3.37. The fourth-order valence-corrected chi connectivity index (χ4v) is 5.09. The van der Waals surface area contributed by atoms with Gasteiger partial charge in [0.15, 0.2) is 0 Å². The van der Waals surface area contributed by atoms with Crippen molar-refractivity contribution < 1.29 is 9.59 Å². The third-order valence-electron chi connectivity index (χ3n) is 6.93. The van der Waals surface area contributed by atoms with Gasteiger partial charge in [-0.15, -0.1) is 0 Å². The van der Waals surface area contributed by atoms with Crippen LogP contribution in [0, 0.1) is 5.41 Å². The van der Waals surface area contributed by atoms with Crippen molar-refractivity contribution in [2.75, 3.05) is 19.6 Å². The highest BCUT2D eigenvalue weighted by Crippen LogP contribution is 2.42. The van der Waals surface area contributed by atoms with Gasteiger partial charge in [-0.2, -0.15) is 0 Å². The van der Waals surface area contributed by atoms with Gasteiger partial charge in [0.05, 0.1) is 6.33 Å². The molecule has 1 saturated carbocycles. The molecule has 0 N–H and O–H groups in total. The Hall–Kier alpha value is -1.85. The van der Waals surface area contributed by atoms with Gasteiger partial charge in [-0.05, 0) is 44.4 Å². The molecule has 1 atom stereocenters. The van der Waals surface area contributed by atoms with Crippen molar-refractivity contribution in [3.8, 4) is 0 Å². The summed E-state index contributed by atoms with van der Waals surface area (Å²) in [6.07, 6.45) is 13.9. The van der Waals surface area contributed by atoms with Crippen molar-refractivity contribution in [1.29, 1.82) is 0 Å². The Morgan fingerprint density at radius 2 is 1.96 bits per heavy atom. The lowest BCUT2D eigenvalue weighted by Gasteiger charge is -2.49. The highest BCUT2D eigenvalue weighted by Gasteiger charge is 2.44. The molecule has 6 nitrogen and oxygen atoms in total. The number of likely N-dealkylation sites (tertiary alicyclic amines) is 2. The average molecular weight is 358 g/mol. The molecule has 1 aliphatic carbocycles. The van der Waals surface area contributed by atoms with E-state index in [-0.39, 0.29) is 17.4 Å². The first-order valence-corrected chi connectivity index (χ1v) is 10.1. The Bertz CT molecular complexity index is 643. The van der Waals surface area contributed by atoms with Crippen LogP contribution in [0.3, 0.4) is 0 Å². The summed E-state index contributed by atoms with van der Waals surface area (Å²) in [5, 5.41) is 0. The van der Waals surface area contributed by atoms with E-state index in [1.165, 1.54) is 25.7 Å². The van der Waals surface area contributed by atoms with E-state index in [4.69, 9.17) is 0 Å². The molecule has 3 fully saturated rings. The molecule has 1 aromatic rings. The lowest BCUT2D eigenvalue weighted by Crippen LogP contribution is -2.55. The van der Waals surface area contributed by atoms with Crippen molar-refractivity contribution in [1.82, 2.24) is 19.4 Å². The zero-order valence-corrected chi connectivity index (χ0v) is 15.8. The molecule has 26 heavy (non-hydrogen) atoms. The number of aromatic nitrogens is 2. The Labute approximate surface area is 155 Å². The van der Waals surface area contributed by atoms with Crippen LogP contribution in [0.5, 0.6) is 0 Å². The molecular weight excluding hydrogens is 328 g/mol. The van der Waals surface area contributed by atoms with Crippen LogP contribution in [-0.4, -0.2) is 56.8 Å². The summed E-state index contributed by atoms with van der Waals surface area (Å²) in [4.78, 5) is 33.5. The fraction of sp³-hybridized carbons (Fsp3) is 0.750. The molecule has 0 aromatic carbocycles. The van der Waals surface area contributed by atoms with E-state index >= 15 is 0 Å². The van der Waals surface area contributed by atoms with E-state index in [9.17, 15) is 9.59 Å². The smallest absolute Gasteiger partial charge is 0.245 e. The molecule has 0 unspecified atom stereocenters. The number of imidazole rings is 1. The molecule has 1 spiro atoms. The van der Waals surface area contributed by atoms with Crippen molar-refractivity contribution in [3.05, 3.63) is 18.7 Å². The minimum atomic E-state index is -0.200. The molecule has 3 aliphatic rings. The third-order valence-corrected chi connectivity index (χ3v) is 6.93. The van der Waals surface area contributed by atoms with E-state index in [1.807, 2.05) is 22.6 Å². The maximum atomic E-state index is 12.8. The molecule has 0 radical (unpaired) electrons. The maximum Gasteiger partial charge on any atom is 0.245 e. The molecule has 2 aliphatic heterocycles. The number of rotatable bonds is 3. The molecule has 3 heterocycles. The quantitative estimate of drug-likeness (QED) is 0.834. The predicted molar refractivity (Wildman–Crippen MR) is 98.4 cm³/mol. The zero-order valence-electron chi connectivity index (χ0n) is 15.8. The predicted octanol–water partition coefficient (Wildman–Crippen LogP) is 2.62. The van der Waals surface area contributed by atoms with Gasteiger partial charge < -0.3 is 14.4 Å². The van der Waals surface area contributed by atoms with Crippen LogP contribution in [0.2, 0.25) is 0 Å². The van der Waals surface area contributed by atoms with E-state index < -0.39 is 0 Å². The molecule has 2 amide bonds. The van der Waals surface area contributed by atoms with Crippen LogP contribution in [0.15, 0.2) is 18.7 Å². The summed E-state index contributed by atoms with van der Waals surface area (Å²) in [6, 6.07) is 0.273. The molecule has 142 valence electrons. The first-order valence-electron chi connectivity index (χ1n) is 10.1. The summed E-state index contributed by atoms with van der Waals surface area (Å²) >= 11 is 0. The van der Waals surface area contributed by atoms with Gasteiger partial charge in [0.2, 0.25) is 11.8 Å². The zero-order chi connectivity index (χ0) is 18.1. The van der Waals surface area contributed by atoms with Crippen LogP contribution in [0.25, 0.3) is 0 Å². The Morgan fingerprint density at radius 1 is 1.23 bits per heavy atom. The lowest BCUT2D eigenvalue weighted by atomic mass is 9.72. The summed E-state index contributed by atoms with van der Waals surface area (Å²) < 4.78 is 1.87. The number of nitrogens with zero attached hydrogens (tertiary/aromatic N) is 4. The second-order valence-electron chi connectivity index (χ2n) is 8.47. The normalized spacial score (nSPS) is 25.0. The summed E-state index contributed by atoms with van der Waals surface area (Å²) in [6.45, 7) is 4.47. The van der Waals surface area contributed by atoms with Crippen LogP contribution >= 0.6 is 0 Å². The number of carbonyl (C=O) groups excluding carboxylic acids is 2. The number of carbonyl (C=O) groups is 2. The second kappa shape index (κ2) is 7.05. The molecule has 1 aromatic heterocycles. The van der Waals surface area contributed by atoms with E-state index in [0.717, 1.165) is 38.9 Å². The minimum Gasteiger partial charge on any atom is -0.341 e. The SMILES string of the molecule is C[C@@H](C(=O)N1CCC2(CCC(=O)N(C3CCCC3)C2)CC1)n1ccnc1. The Balaban J connectivity index is 1.38. The van der Waals surface area contributed by atoms with Gasteiger partial charge in [0.1, 0.15) is 6.04 Å². The summed E-state index contributed by atoms with van der Waals surface area (Å²) in [5.41, 5.74) is 0.228. The van der Waals surface area contributed by atoms with Crippen LogP contribution in [-0.2, 0) is 9.59 Å². The van der Waals surface area contributed by atoms with Crippen molar-refractivity contribution >= 4 is 11.8 Å². The van der Waals surface area contributed by atoms with Gasteiger partial charge >= 0.3 is 0 Å². The fourth-order valence-electron chi connectivity index (χ4n) is 5.09. The van der Waals surface area contributed by atoms with E-state index in [0.29, 0.717) is 18.4 Å². The number of hydrogen-bond donors (Lipinski definition) is 0. The monoisotopic (exact) mass is 358 g/mol. The van der Waals surface area contributed by atoms with Crippen LogP contribution in [0.4, 0.5) is 0 Å². The molecule has 6 heteroatoms. The molecule has 4 rings (SSSR count). The van der Waals surface area contributed by atoms with E-state index in [2.05, 4.69) is 9.88 Å². The first-order chi connectivity index (χ1) is 12.6. The number of piperidine rings is 2. The van der Waals surface area contributed by atoms with Gasteiger partial charge in [-0.3, -0.25) is 9.59 Å². The van der Waals surface area contributed by atoms with Gasteiger partial charge in [0, 0.05) is 44.5 Å². The molecular formula is C20H30N4O2. The Kier molecular flexibility index (Phi) is 4.76. The van der Waals surface area contributed by atoms with Crippen molar-refractivity contribution in [2.24, 2.45) is 5.41 Å². The molecule has 2 saturated heterocycles. The highest BCUT2D eigenvalue weighted by atomic mass is 16.2. The number of hydrogen-bond acceptors (Lipinski definition) is 3. The van der Waals surface area contributed by atoms with Gasteiger partial charge in [-0.25, -0.2) is 4.98 Å². The second-order valence-corrected chi connectivity index (χ2v) is 8.47. The maximum absolute atomic E-state index is 12.8. The summed E-state index contributed by atoms with van der Waals surface area (Å²) in [7, 11) is 0. The standard InChI is InChI=1S/C20H30N4O2/c1-16(23-13-10-21-15-23)19(26)22-11-8-20(9-12-22)7-6-18(25)24(14-20)17-4-2-3-5-17/h10,13,15-17H,2-9,11-12,14H2,1H3/t16-/m0/s1. The number of amides is 2. The summed E-state index contributed by atoms with van der Waals surface area (Å²) in [5.74, 6) is 0.534. The van der Waals surface area contributed by atoms with E-state index in [1.54, 1.807) is 12.5 Å². The van der Waals surface area contributed by atoms with Gasteiger partial charge in [0.25, 0.3) is 0 Å². The topological polar surface area (TPSA) is 58.4 Å². The third kappa shape index (κ3) is 3.26. The molecule has 0 bridgehead atoms. The van der Waals surface area contributed by atoms with Gasteiger partial charge in [-0.1, -0.05) is 12.8 Å². The highest BCUT2D eigenvalue weighted by molar-refractivity contribution is 5.80. The lowest BCUT2D eigenvalue weighted by molar-refractivity contribution is -0.145.